The van der Waals surface area contributed by atoms with Gasteiger partial charge >= 0.3 is 0 Å². The Hall–Kier alpha value is -0.950. The average Bonchev–Trinajstić information content (AvgIpc) is 2.05. The summed E-state index contributed by atoms with van der Waals surface area (Å²) in [6, 6.07) is 0. The molecule has 1 fully saturated rings. The molecule has 12 heavy (non-hydrogen) atoms. The van der Waals surface area contributed by atoms with Gasteiger partial charge in [-0.25, -0.2) is 4.79 Å². The van der Waals surface area contributed by atoms with E-state index >= 15 is 0 Å². The van der Waals surface area contributed by atoms with Gasteiger partial charge in [-0.05, 0) is 18.8 Å². The summed E-state index contributed by atoms with van der Waals surface area (Å²) in [5.41, 5.74) is 0. The zero-order valence-electron chi connectivity index (χ0n) is 7.25. The molecule has 66 valence electrons. The molecule has 2 atom stereocenters. The molecule has 0 aromatic rings. The fourth-order valence-corrected chi connectivity index (χ4v) is 1.79. The molecule has 1 aliphatic rings. The molecule has 1 amide bonds. The Balaban J connectivity index is 2.51. The lowest BCUT2D eigenvalue weighted by Gasteiger charge is -2.23. The third kappa shape index (κ3) is 2.28. The van der Waals surface area contributed by atoms with Crippen LogP contribution >= 0.6 is 0 Å². The van der Waals surface area contributed by atoms with Crippen LogP contribution in [-0.2, 0) is 9.59 Å². The maximum absolute atomic E-state index is 11.1. The van der Waals surface area contributed by atoms with Crippen molar-refractivity contribution in [2.75, 3.05) is 0 Å². The van der Waals surface area contributed by atoms with Crippen LogP contribution < -0.4 is 0 Å². The minimum absolute atomic E-state index is 0.0183. The summed E-state index contributed by atoms with van der Waals surface area (Å²) < 4.78 is 0. The first-order valence-electron chi connectivity index (χ1n) is 4.35. The molecule has 0 aliphatic heterocycles. The Morgan fingerprint density at radius 1 is 1.50 bits per heavy atom. The summed E-state index contributed by atoms with van der Waals surface area (Å²) in [6.45, 7) is 2.13. The second-order valence-electron chi connectivity index (χ2n) is 3.51. The number of carbonyl (C=O) groups excluding carboxylic acids is 2. The highest BCUT2D eigenvalue weighted by Crippen LogP contribution is 2.29. The van der Waals surface area contributed by atoms with Crippen molar-refractivity contribution in [1.82, 2.24) is 0 Å². The van der Waals surface area contributed by atoms with Gasteiger partial charge in [0, 0.05) is 5.92 Å². The van der Waals surface area contributed by atoms with E-state index in [0.29, 0.717) is 5.92 Å². The molecule has 1 saturated carbocycles. The lowest BCUT2D eigenvalue weighted by molar-refractivity contribution is -0.122. The van der Waals surface area contributed by atoms with Gasteiger partial charge in [0.25, 0.3) is 5.91 Å². The van der Waals surface area contributed by atoms with Crippen LogP contribution in [0.3, 0.4) is 0 Å². The van der Waals surface area contributed by atoms with E-state index in [-0.39, 0.29) is 11.8 Å². The maximum atomic E-state index is 11.1. The first-order valence-corrected chi connectivity index (χ1v) is 4.35. The maximum Gasteiger partial charge on any atom is 0.259 e. The highest BCUT2D eigenvalue weighted by Gasteiger charge is 2.24. The van der Waals surface area contributed by atoms with Gasteiger partial charge in [-0.3, -0.25) is 4.79 Å². The topological polar surface area (TPSA) is 46.5 Å². The van der Waals surface area contributed by atoms with Crippen molar-refractivity contribution in [3.05, 3.63) is 0 Å². The monoisotopic (exact) mass is 167 g/mol. The summed E-state index contributed by atoms with van der Waals surface area (Å²) in [7, 11) is 0. The van der Waals surface area contributed by atoms with E-state index in [1.165, 1.54) is 12.5 Å². The van der Waals surface area contributed by atoms with Crippen molar-refractivity contribution in [3.63, 3.8) is 0 Å². The SMILES string of the molecule is CC1CCCC(C(=O)N=C=O)C1. The predicted molar refractivity (Wildman–Crippen MR) is 44.3 cm³/mol. The minimum atomic E-state index is -0.281. The number of amides is 1. The Morgan fingerprint density at radius 2 is 2.25 bits per heavy atom. The van der Waals surface area contributed by atoms with Crippen LogP contribution in [0.4, 0.5) is 0 Å². The largest absolute Gasteiger partial charge is 0.271 e. The van der Waals surface area contributed by atoms with Crippen molar-refractivity contribution in [1.29, 1.82) is 0 Å². The smallest absolute Gasteiger partial charge is 0.259 e. The zero-order chi connectivity index (χ0) is 8.97. The zero-order valence-corrected chi connectivity index (χ0v) is 7.25. The molecule has 2 unspecified atom stereocenters. The van der Waals surface area contributed by atoms with Gasteiger partial charge < -0.3 is 0 Å². The number of hydrogen-bond acceptors (Lipinski definition) is 2. The standard InChI is InChI=1S/C9H13NO2/c1-7-3-2-4-8(5-7)9(12)10-6-11/h7-8H,2-5H2,1H3. The summed E-state index contributed by atoms with van der Waals surface area (Å²) in [5.74, 6) is 0.293. The molecule has 0 aromatic carbocycles. The van der Waals surface area contributed by atoms with E-state index in [2.05, 4.69) is 11.9 Å². The molecule has 0 bridgehead atoms. The molecule has 3 nitrogen and oxygen atoms in total. The quantitative estimate of drug-likeness (QED) is 0.440. The average molecular weight is 167 g/mol. The molecule has 0 N–H and O–H groups in total. The summed E-state index contributed by atoms with van der Waals surface area (Å²) in [4.78, 5) is 24.1. The molecule has 0 saturated heterocycles. The minimum Gasteiger partial charge on any atom is -0.271 e. The number of nitrogens with zero attached hydrogens (tertiary/aromatic N) is 1. The fourth-order valence-electron chi connectivity index (χ4n) is 1.79. The van der Waals surface area contributed by atoms with Gasteiger partial charge in [0.15, 0.2) is 0 Å². The third-order valence-corrected chi connectivity index (χ3v) is 2.44. The van der Waals surface area contributed by atoms with E-state index in [1.54, 1.807) is 0 Å². The van der Waals surface area contributed by atoms with E-state index in [0.717, 1.165) is 19.3 Å². The molecule has 0 heterocycles. The number of isocyanates is 1. The molecular formula is C9H13NO2. The molecule has 0 spiro atoms. The summed E-state index contributed by atoms with van der Waals surface area (Å²) >= 11 is 0. The second kappa shape index (κ2) is 4.17. The van der Waals surface area contributed by atoms with Crippen LogP contribution in [0.2, 0.25) is 0 Å². The molecule has 1 aliphatic carbocycles. The van der Waals surface area contributed by atoms with Crippen LogP contribution in [0.5, 0.6) is 0 Å². The van der Waals surface area contributed by atoms with Crippen molar-refractivity contribution in [2.24, 2.45) is 16.8 Å². The molecule has 1 rings (SSSR count). The van der Waals surface area contributed by atoms with E-state index in [4.69, 9.17) is 0 Å². The van der Waals surface area contributed by atoms with Gasteiger partial charge in [0.05, 0.1) is 0 Å². The highest BCUT2D eigenvalue weighted by molar-refractivity contribution is 5.83. The lowest BCUT2D eigenvalue weighted by Crippen LogP contribution is -2.20. The fraction of sp³-hybridized carbons (Fsp3) is 0.778. The number of aliphatic imine (C=N–C) groups is 1. The van der Waals surface area contributed by atoms with E-state index in [1.807, 2.05) is 0 Å². The predicted octanol–water partition coefficient (Wildman–Crippen LogP) is 1.68. The summed E-state index contributed by atoms with van der Waals surface area (Å²) in [5, 5.41) is 0. The van der Waals surface area contributed by atoms with Gasteiger partial charge in [-0.2, -0.15) is 0 Å². The Bertz CT molecular complexity index is 219. The Kier molecular flexibility index (Phi) is 3.18. The molecular weight excluding hydrogens is 154 g/mol. The van der Waals surface area contributed by atoms with Crippen molar-refractivity contribution < 1.29 is 9.59 Å². The van der Waals surface area contributed by atoms with Gasteiger partial charge in [0.1, 0.15) is 0 Å². The lowest BCUT2D eigenvalue weighted by atomic mass is 9.82. The number of hydrogen-bond donors (Lipinski definition) is 0. The van der Waals surface area contributed by atoms with Crippen LogP contribution in [-0.4, -0.2) is 12.0 Å². The molecule has 0 radical (unpaired) electrons. The molecule has 3 heteroatoms. The number of carbonyl (C=O) groups is 1. The van der Waals surface area contributed by atoms with Crippen molar-refractivity contribution >= 4 is 12.0 Å². The van der Waals surface area contributed by atoms with E-state index in [9.17, 15) is 9.59 Å². The van der Waals surface area contributed by atoms with E-state index < -0.39 is 0 Å². The van der Waals surface area contributed by atoms with Crippen LogP contribution in [0.1, 0.15) is 32.6 Å². The highest BCUT2D eigenvalue weighted by atomic mass is 16.2. The third-order valence-electron chi connectivity index (χ3n) is 2.44. The number of rotatable bonds is 1. The van der Waals surface area contributed by atoms with Crippen molar-refractivity contribution in [3.8, 4) is 0 Å². The Labute approximate surface area is 71.9 Å². The normalized spacial score (nSPS) is 29.1. The van der Waals surface area contributed by atoms with Crippen LogP contribution in [0, 0.1) is 11.8 Å². The second-order valence-corrected chi connectivity index (χ2v) is 3.51. The Morgan fingerprint density at radius 3 is 2.83 bits per heavy atom. The molecule has 0 aromatic heterocycles. The van der Waals surface area contributed by atoms with Crippen LogP contribution in [0.15, 0.2) is 4.99 Å². The van der Waals surface area contributed by atoms with Gasteiger partial charge in [-0.1, -0.05) is 19.8 Å². The summed E-state index contributed by atoms with van der Waals surface area (Å²) in [6.07, 6.45) is 5.33. The van der Waals surface area contributed by atoms with Crippen molar-refractivity contribution in [2.45, 2.75) is 32.6 Å². The first kappa shape index (κ1) is 9.14. The first-order chi connectivity index (χ1) is 5.74. The van der Waals surface area contributed by atoms with Gasteiger partial charge in [-0.15, -0.1) is 4.99 Å². The van der Waals surface area contributed by atoms with Gasteiger partial charge in [0.2, 0.25) is 6.08 Å². The van der Waals surface area contributed by atoms with Crippen LogP contribution in [0.25, 0.3) is 0 Å².